The highest BCUT2D eigenvalue weighted by Gasteiger charge is 2.62. The third-order valence-electron chi connectivity index (χ3n) is 5.30. The molecule has 4 nitrogen and oxygen atoms in total. The number of carbonyl (C=O) groups excluding carboxylic acids is 1. The van der Waals surface area contributed by atoms with E-state index in [2.05, 4.69) is 5.32 Å². The summed E-state index contributed by atoms with van der Waals surface area (Å²) >= 11 is 12.5. The van der Waals surface area contributed by atoms with Gasteiger partial charge in [0.25, 0.3) is 0 Å². The second-order valence-corrected chi connectivity index (χ2v) is 7.90. The lowest BCUT2D eigenvalue weighted by Gasteiger charge is -2.57. The lowest BCUT2D eigenvalue weighted by molar-refractivity contribution is -0.170. The van der Waals surface area contributed by atoms with Crippen molar-refractivity contribution < 1.29 is 9.53 Å². The van der Waals surface area contributed by atoms with Crippen LogP contribution in [0.5, 0.6) is 0 Å². The normalized spacial score (nSPS) is 25.5. The number of halogens is 3. The monoisotopic (exact) mass is 408 g/mol. The van der Waals surface area contributed by atoms with Gasteiger partial charge in [0.15, 0.2) is 0 Å². The van der Waals surface area contributed by atoms with Crippen molar-refractivity contribution in [1.29, 1.82) is 0 Å². The summed E-state index contributed by atoms with van der Waals surface area (Å²) in [7, 11) is 0. The molecule has 1 saturated carbocycles. The van der Waals surface area contributed by atoms with Crippen LogP contribution < -0.4 is 11.1 Å². The molecule has 1 amide bonds. The Morgan fingerprint density at radius 2 is 1.96 bits per heavy atom. The number of benzene rings is 1. The van der Waals surface area contributed by atoms with E-state index in [0.717, 1.165) is 5.56 Å². The molecule has 0 aliphatic heterocycles. The van der Waals surface area contributed by atoms with E-state index in [0.29, 0.717) is 29.6 Å². The number of nitrogens with two attached hydrogens (primary N) is 1. The summed E-state index contributed by atoms with van der Waals surface area (Å²) in [5, 5.41) is 4.17. The molecule has 0 heterocycles. The number of hydrogen-bond donors (Lipinski definition) is 2. The highest BCUT2D eigenvalue weighted by atomic mass is 35.5. The molecule has 0 bridgehead atoms. The van der Waals surface area contributed by atoms with Crippen LogP contribution in [-0.2, 0) is 9.53 Å². The zero-order valence-corrected chi connectivity index (χ0v) is 17.4. The van der Waals surface area contributed by atoms with Gasteiger partial charge >= 0.3 is 0 Å². The van der Waals surface area contributed by atoms with E-state index in [4.69, 9.17) is 33.7 Å². The molecule has 1 aliphatic carbocycles. The van der Waals surface area contributed by atoms with Gasteiger partial charge in [0.05, 0.1) is 6.10 Å². The Balaban J connectivity index is 0.00000312. The molecule has 142 valence electrons. The van der Waals surface area contributed by atoms with E-state index in [1.165, 1.54) is 0 Å². The fourth-order valence-electron chi connectivity index (χ4n) is 3.31. The summed E-state index contributed by atoms with van der Waals surface area (Å²) in [5.74, 6) is -0.164. The molecule has 0 aromatic heterocycles. The fourth-order valence-corrected chi connectivity index (χ4v) is 4.08. The molecule has 1 aliphatic rings. The lowest BCUT2D eigenvalue weighted by Crippen LogP contribution is -2.75. The number of nitrogens with one attached hydrogen (secondary N) is 1. The van der Waals surface area contributed by atoms with Gasteiger partial charge < -0.3 is 15.8 Å². The Morgan fingerprint density at radius 3 is 2.44 bits per heavy atom. The summed E-state index contributed by atoms with van der Waals surface area (Å²) in [6.45, 7) is 8.92. The molecular weight excluding hydrogens is 383 g/mol. The lowest BCUT2D eigenvalue weighted by atomic mass is 9.54. The van der Waals surface area contributed by atoms with Gasteiger partial charge in [-0.2, -0.15) is 0 Å². The number of hydrogen-bond acceptors (Lipinski definition) is 3. The first-order valence-corrected chi connectivity index (χ1v) is 9.03. The van der Waals surface area contributed by atoms with Crippen LogP contribution in [0.4, 0.5) is 0 Å². The SMILES string of the molecule is CCOC1CC(N)(C(=O)NCC(C)c2c(Cl)cccc2Cl)C1(C)C.Cl. The van der Waals surface area contributed by atoms with Crippen LogP contribution >= 0.6 is 35.6 Å². The predicted octanol–water partition coefficient (Wildman–Crippen LogP) is 4.17. The fraction of sp³-hybridized carbons (Fsp3) is 0.611. The standard InChI is InChI=1S/C18H26Cl2N2O2.ClH/c1-5-24-14-9-18(21,17(14,3)4)16(23)22-10-11(2)15-12(19)7-6-8-13(15)20;/h6-8,11,14H,5,9-10,21H2,1-4H3,(H,22,23);1H. The first-order valence-electron chi connectivity index (χ1n) is 8.27. The number of amides is 1. The Bertz CT molecular complexity index is 604. The van der Waals surface area contributed by atoms with Crippen molar-refractivity contribution in [3.8, 4) is 0 Å². The number of carbonyl (C=O) groups is 1. The van der Waals surface area contributed by atoms with Crippen LogP contribution in [0.25, 0.3) is 0 Å². The quantitative estimate of drug-likeness (QED) is 0.741. The summed E-state index contributed by atoms with van der Waals surface area (Å²) in [6.07, 6.45) is 0.537. The molecule has 7 heteroatoms. The van der Waals surface area contributed by atoms with E-state index in [1.54, 1.807) is 18.2 Å². The first kappa shape index (κ1) is 22.5. The highest BCUT2D eigenvalue weighted by Crippen LogP contribution is 2.49. The summed E-state index contributed by atoms with van der Waals surface area (Å²) in [4.78, 5) is 12.7. The minimum absolute atomic E-state index is 0. The van der Waals surface area contributed by atoms with E-state index in [9.17, 15) is 4.79 Å². The van der Waals surface area contributed by atoms with Gasteiger partial charge in [-0.3, -0.25) is 4.79 Å². The van der Waals surface area contributed by atoms with Crippen molar-refractivity contribution in [3.63, 3.8) is 0 Å². The second kappa shape index (κ2) is 8.45. The van der Waals surface area contributed by atoms with E-state index in [1.807, 2.05) is 27.7 Å². The first-order chi connectivity index (χ1) is 11.1. The largest absolute Gasteiger partial charge is 0.378 e. The predicted molar refractivity (Wildman–Crippen MR) is 106 cm³/mol. The van der Waals surface area contributed by atoms with Crippen LogP contribution in [0, 0.1) is 5.41 Å². The van der Waals surface area contributed by atoms with Crippen LogP contribution in [0.15, 0.2) is 18.2 Å². The molecule has 1 aromatic rings. The molecule has 0 radical (unpaired) electrons. The molecule has 2 rings (SSSR count). The maximum Gasteiger partial charge on any atom is 0.240 e. The van der Waals surface area contributed by atoms with Crippen LogP contribution in [0.1, 0.15) is 45.6 Å². The topological polar surface area (TPSA) is 64.3 Å². The molecule has 1 aromatic carbocycles. The van der Waals surface area contributed by atoms with E-state index in [-0.39, 0.29) is 30.3 Å². The molecule has 3 unspecified atom stereocenters. The van der Waals surface area contributed by atoms with Crippen molar-refractivity contribution in [2.75, 3.05) is 13.2 Å². The summed E-state index contributed by atoms with van der Waals surface area (Å²) in [6, 6.07) is 5.40. The Kier molecular flexibility index (Phi) is 7.61. The second-order valence-electron chi connectivity index (χ2n) is 7.09. The minimum atomic E-state index is -0.920. The Morgan fingerprint density at radius 1 is 1.40 bits per heavy atom. The summed E-state index contributed by atoms with van der Waals surface area (Å²) < 4.78 is 5.67. The van der Waals surface area contributed by atoms with Crippen LogP contribution in [-0.4, -0.2) is 30.7 Å². The van der Waals surface area contributed by atoms with Crippen molar-refractivity contribution in [2.24, 2.45) is 11.1 Å². The maximum absolute atomic E-state index is 12.7. The highest BCUT2D eigenvalue weighted by molar-refractivity contribution is 6.36. The minimum Gasteiger partial charge on any atom is -0.378 e. The zero-order valence-electron chi connectivity index (χ0n) is 15.1. The number of rotatable bonds is 6. The van der Waals surface area contributed by atoms with Gasteiger partial charge in [0.1, 0.15) is 5.54 Å². The van der Waals surface area contributed by atoms with Crippen molar-refractivity contribution in [2.45, 2.75) is 51.7 Å². The molecule has 0 spiro atoms. The van der Waals surface area contributed by atoms with E-state index >= 15 is 0 Å². The average Bonchev–Trinajstić information content (AvgIpc) is 2.51. The van der Waals surface area contributed by atoms with Gasteiger partial charge in [0, 0.05) is 41.0 Å². The van der Waals surface area contributed by atoms with Crippen molar-refractivity contribution >= 4 is 41.5 Å². The van der Waals surface area contributed by atoms with Gasteiger partial charge in [0.2, 0.25) is 5.91 Å². The van der Waals surface area contributed by atoms with Crippen LogP contribution in [0.3, 0.4) is 0 Å². The van der Waals surface area contributed by atoms with Crippen molar-refractivity contribution in [3.05, 3.63) is 33.8 Å². The van der Waals surface area contributed by atoms with Gasteiger partial charge in [-0.15, -0.1) is 12.4 Å². The smallest absolute Gasteiger partial charge is 0.240 e. The molecule has 3 atom stereocenters. The van der Waals surface area contributed by atoms with Crippen molar-refractivity contribution in [1.82, 2.24) is 5.32 Å². The molecule has 25 heavy (non-hydrogen) atoms. The zero-order chi connectivity index (χ0) is 18.1. The van der Waals surface area contributed by atoms with Crippen LogP contribution in [0.2, 0.25) is 10.0 Å². The molecule has 0 saturated heterocycles. The molecule has 1 fully saturated rings. The Hall–Kier alpha value is -0.520. The average molecular weight is 410 g/mol. The third-order valence-corrected chi connectivity index (χ3v) is 5.96. The molecule has 3 N–H and O–H groups in total. The summed E-state index contributed by atoms with van der Waals surface area (Å²) in [5.41, 5.74) is 5.90. The molecular formula is C18H27Cl3N2O2. The van der Waals surface area contributed by atoms with Gasteiger partial charge in [-0.25, -0.2) is 0 Å². The Labute approximate surface area is 166 Å². The maximum atomic E-state index is 12.7. The third kappa shape index (κ3) is 4.09. The number of ether oxygens (including phenoxy) is 1. The van der Waals surface area contributed by atoms with E-state index < -0.39 is 11.0 Å². The van der Waals surface area contributed by atoms with Gasteiger partial charge in [-0.05, 0) is 24.6 Å². The van der Waals surface area contributed by atoms with Gasteiger partial charge in [-0.1, -0.05) is 50.0 Å².